The summed E-state index contributed by atoms with van der Waals surface area (Å²) in [6, 6.07) is 17.3. The number of carbonyl (C=O) groups is 2. The first-order valence-corrected chi connectivity index (χ1v) is 11.3. The van der Waals surface area contributed by atoms with Gasteiger partial charge in [-0.2, -0.15) is 9.78 Å². The molecule has 7 nitrogen and oxygen atoms in total. The van der Waals surface area contributed by atoms with Crippen LogP contribution in [0.2, 0.25) is 0 Å². The first kappa shape index (κ1) is 21.0. The first-order valence-electron chi connectivity index (χ1n) is 10.4. The van der Waals surface area contributed by atoms with Crippen molar-refractivity contribution in [2.75, 3.05) is 16.8 Å². The van der Waals surface area contributed by atoms with Crippen molar-refractivity contribution in [2.45, 2.75) is 13.3 Å². The maximum atomic E-state index is 13.2. The SMILES string of the molecule is Cc1cc(NC(=O)[C@H]2CC(=O)N(c3ccc(F)cc3)C2)n(-c2nc(-c3ccccc3)cs2)n1. The lowest BCUT2D eigenvalue weighted by Gasteiger charge is -2.16. The van der Waals surface area contributed by atoms with E-state index in [-0.39, 0.29) is 30.6 Å². The van der Waals surface area contributed by atoms with Crippen molar-refractivity contribution in [3.05, 3.63) is 77.6 Å². The fourth-order valence-electron chi connectivity index (χ4n) is 3.82. The minimum atomic E-state index is -0.526. The zero-order valence-corrected chi connectivity index (χ0v) is 18.6. The summed E-state index contributed by atoms with van der Waals surface area (Å²) in [7, 11) is 0. The Morgan fingerprint density at radius 3 is 2.67 bits per heavy atom. The Morgan fingerprint density at radius 2 is 1.91 bits per heavy atom. The number of halogens is 1. The number of hydrogen-bond donors (Lipinski definition) is 1. The van der Waals surface area contributed by atoms with Crippen LogP contribution < -0.4 is 10.2 Å². The van der Waals surface area contributed by atoms with Crippen LogP contribution in [0.15, 0.2) is 66.0 Å². The molecule has 0 radical (unpaired) electrons. The number of aryl methyl sites for hydroxylation is 1. The zero-order valence-electron chi connectivity index (χ0n) is 17.7. The summed E-state index contributed by atoms with van der Waals surface area (Å²) in [6.07, 6.45) is 0.0890. The minimum absolute atomic E-state index is 0.0890. The second-order valence-electron chi connectivity index (χ2n) is 7.84. The summed E-state index contributed by atoms with van der Waals surface area (Å²) < 4.78 is 14.8. The summed E-state index contributed by atoms with van der Waals surface area (Å²) in [5, 5.41) is 9.98. The number of anilines is 2. The summed E-state index contributed by atoms with van der Waals surface area (Å²) >= 11 is 1.43. The molecule has 9 heteroatoms. The Labute approximate surface area is 193 Å². The molecule has 0 bridgehead atoms. The maximum Gasteiger partial charge on any atom is 0.230 e. The van der Waals surface area contributed by atoms with Gasteiger partial charge in [-0.1, -0.05) is 30.3 Å². The Hall–Kier alpha value is -3.85. The van der Waals surface area contributed by atoms with E-state index < -0.39 is 5.92 Å². The van der Waals surface area contributed by atoms with Crippen molar-refractivity contribution in [1.82, 2.24) is 14.8 Å². The second-order valence-corrected chi connectivity index (χ2v) is 8.67. The van der Waals surface area contributed by atoms with Crippen LogP contribution in [0, 0.1) is 18.7 Å². The predicted molar refractivity (Wildman–Crippen MR) is 125 cm³/mol. The third kappa shape index (κ3) is 4.27. The summed E-state index contributed by atoms with van der Waals surface area (Å²) in [6.45, 7) is 2.08. The number of aromatic nitrogens is 3. The lowest BCUT2D eigenvalue weighted by molar-refractivity contribution is -0.122. The number of nitrogens with zero attached hydrogens (tertiary/aromatic N) is 4. The number of thiazole rings is 1. The molecule has 0 saturated carbocycles. The van der Waals surface area contributed by atoms with Crippen molar-refractivity contribution in [1.29, 1.82) is 0 Å². The highest BCUT2D eigenvalue weighted by Gasteiger charge is 2.35. The molecule has 33 heavy (non-hydrogen) atoms. The summed E-state index contributed by atoms with van der Waals surface area (Å²) in [5.41, 5.74) is 3.14. The third-order valence-electron chi connectivity index (χ3n) is 5.46. The molecule has 2 aromatic heterocycles. The van der Waals surface area contributed by atoms with Gasteiger partial charge < -0.3 is 10.2 Å². The predicted octanol–water partition coefficient (Wildman–Crippen LogP) is 4.43. The lowest BCUT2D eigenvalue weighted by Crippen LogP contribution is -2.28. The van der Waals surface area contributed by atoms with E-state index in [1.807, 2.05) is 42.6 Å². The molecule has 4 aromatic rings. The Kier molecular flexibility index (Phi) is 5.47. The van der Waals surface area contributed by atoms with E-state index in [1.165, 1.54) is 28.4 Å². The van der Waals surface area contributed by atoms with E-state index >= 15 is 0 Å². The number of amides is 2. The van der Waals surface area contributed by atoms with Gasteiger partial charge in [-0.3, -0.25) is 9.59 Å². The van der Waals surface area contributed by atoms with Crippen LogP contribution in [0.5, 0.6) is 0 Å². The third-order valence-corrected chi connectivity index (χ3v) is 6.28. The molecular formula is C24H20FN5O2S. The van der Waals surface area contributed by atoms with E-state index in [9.17, 15) is 14.0 Å². The minimum Gasteiger partial charge on any atom is -0.312 e. The average molecular weight is 462 g/mol. The molecule has 1 aliphatic rings. The standard InChI is InChI=1S/C24H20FN5O2S/c1-15-11-21(30(28-15)24-26-20(14-33-24)16-5-3-2-4-6-16)27-23(32)17-12-22(31)29(13-17)19-9-7-18(25)8-10-19/h2-11,14,17H,12-13H2,1H3,(H,27,32)/t17-/m0/s1. The molecule has 1 atom stereocenters. The molecule has 2 amide bonds. The van der Waals surface area contributed by atoms with Crippen LogP contribution in [0.1, 0.15) is 12.1 Å². The van der Waals surface area contributed by atoms with Crippen LogP contribution in [0.4, 0.5) is 15.9 Å². The van der Waals surface area contributed by atoms with Crippen molar-refractivity contribution >= 4 is 34.7 Å². The van der Waals surface area contributed by atoms with E-state index in [2.05, 4.69) is 15.4 Å². The van der Waals surface area contributed by atoms with E-state index in [1.54, 1.807) is 22.9 Å². The fraction of sp³-hybridized carbons (Fsp3) is 0.167. The zero-order chi connectivity index (χ0) is 22.9. The van der Waals surface area contributed by atoms with Crippen LogP contribution in [0.25, 0.3) is 16.4 Å². The summed E-state index contributed by atoms with van der Waals surface area (Å²) in [4.78, 5) is 31.7. The molecule has 1 aliphatic heterocycles. The van der Waals surface area contributed by atoms with Gasteiger partial charge >= 0.3 is 0 Å². The molecular weight excluding hydrogens is 441 g/mol. The molecule has 1 N–H and O–H groups in total. The molecule has 5 rings (SSSR count). The molecule has 1 saturated heterocycles. The van der Waals surface area contributed by atoms with Gasteiger partial charge in [0.15, 0.2) is 0 Å². The normalized spacial score (nSPS) is 15.8. The van der Waals surface area contributed by atoms with E-state index in [0.29, 0.717) is 16.6 Å². The van der Waals surface area contributed by atoms with E-state index in [0.717, 1.165) is 17.0 Å². The van der Waals surface area contributed by atoms with Crippen molar-refractivity contribution in [3.8, 4) is 16.4 Å². The van der Waals surface area contributed by atoms with Gasteiger partial charge in [0.1, 0.15) is 11.6 Å². The van der Waals surface area contributed by atoms with Gasteiger partial charge in [-0.05, 0) is 31.2 Å². The van der Waals surface area contributed by atoms with E-state index in [4.69, 9.17) is 0 Å². The van der Waals surface area contributed by atoms with Crippen LogP contribution in [-0.2, 0) is 9.59 Å². The number of rotatable bonds is 5. The van der Waals surface area contributed by atoms with Gasteiger partial charge in [0.05, 0.1) is 17.3 Å². The molecule has 1 fully saturated rings. The highest BCUT2D eigenvalue weighted by atomic mass is 32.1. The molecule has 2 aromatic carbocycles. The van der Waals surface area contributed by atoms with Crippen LogP contribution in [0.3, 0.4) is 0 Å². The van der Waals surface area contributed by atoms with Gasteiger partial charge in [-0.25, -0.2) is 9.37 Å². The molecule has 166 valence electrons. The van der Waals surface area contributed by atoms with Crippen LogP contribution in [-0.4, -0.2) is 33.1 Å². The highest BCUT2D eigenvalue weighted by Crippen LogP contribution is 2.29. The number of carbonyl (C=O) groups excluding carboxylic acids is 2. The smallest absolute Gasteiger partial charge is 0.230 e. The number of hydrogen-bond acceptors (Lipinski definition) is 5. The second kappa shape index (κ2) is 8.59. The first-order chi connectivity index (χ1) is 16.0. The van der Waals surface area contributed by atoms with Gasteiger partial charge in [0, 0.05) is 35.7 Å². The van der Waals surface area contributed by atoms with Crippen molar-refractivity contribution in [2.24, 2.45) is 5.92 Å². The Bertz CT molecular complexity index is 1320. The number of benzene rings is 2. The average Bonchev–Trinajstić information content (AvgIpc) is 3.53. The molecule has 0 aliphatic carbocycles. The topological polar surface area (TPSA) is 80.1 Å². The van der Waals surface area contributed by atoms with Gasteiger partial charge in [0.2, 0.25) is 16.9 Å². The summed E-state index contributed by atoms with van der Waals surface area (Å²) in [5.74, 6) is -0.838. The molecule has 0 unspecified atom stereocenters. The Balaban J connectivity index is 1.33. The Morgan fingerprint density at radius 1 is 1.15 bits per heavy atom. The fourth-order valence-corrected chi connectivity index (χ4v) is 4.62. The maximum absolute atomic E-state index is 13.2. The van der Waals surface area contributed by atoms with Gasteiger partial charge in [0.25, 0.3) is 0 Å². The van der Waals surface area contributed by atoms with Crippen molar-refractivity contribution < 1.29 is 14.0 Å². The highest BCUT2D eigenvalue weighted by molar-refractivity contribution is 7.12. The molecule has 3 heterocycles. The molecule has 0 spiro atoms. The quantitative estimate of drug-likeness (QED) is 0.477. The number of nitrogens with one attached hydrogen (secondary N) is 1. The lowest BCUT2D eigenvalue weighted by atomic mass is 10.1. The monoisotopic (exact) mass is 461 g/mol. The largest absolute Gasteiger partial charge is 0.312 e. The van der Waals surface area contributed by atoms with Crippen LogP contribution >= 0.6 is 11.3 Å². The van der Waals surface area contributed by atoms with Crippen molar-refractivity contribution in [3.63, 3.8) is 0 Å². The van der Waals surface area contributed by atoms with Gasteiger partial charge in [-0.15, -0.1) is 11.3 Å².